The third kappa shape index (κ3) is 3.72. The number of nitrogens with one attached hydrogen (secondary N) is 1. The van der Waals surface area contributed by atoms with E-state index in [4.69, 9.17) is 0 Å². The molecule has 0 atom stereocenters. The van der Waals surface area contributed by atoms with Gasteiger partial charge in [0.1, 0.15) is 0 Å². The first kappa shape index (κ1) is 16.2. The van der Waals surface area contributed by atoms with Gasteiger partial charge in [0, 0.05) is 37.6 Å². The number of rotatable bonds is 6. The summed E-state index contributed by atoms with van der Waals surface area (Å²) in [5.74, 6) is 0.314. The molecule has 1 N–H and O–H groups in total. The predicted molar refractivity (Wildman–Crippen MR) is 86.9 cm³/mol. The van der Waals surface area contributed by atoms with Gasteiger partial charge in [-0.3, -0.25) is 9.78 Å². The summed E-state index contributed by atoms with van der Waals surface area (Å²) in [5.41, 5.74) is 3.67. The standard InChI is InChI=1S/C17H24N4O/c1-5-15-14(6-7-16(20-15)12(2)3)17(22)19-9-8-13-10-18-11-21(13)4/h6-7,10-12H,5,8-9H2,1-4H3,(H,19,22). The summed E-state index contributed by atoms with van der Waals surface area (Å²) in [7, 11) is 1.95. The Morgan fingerprint density at radius 3 is 2.73 bits per heavy atom. The van der Waals surface area contributed by atoms with Crippen molar-refractivity contribution < 1.29 is 4.79 Å². The number of carbonyl (C=O) groups excluding carboxylic acids is 1. The van der Waals surface area contributed by atoms with Gasteiger partial charge < -0.3 is 9.88 Å². The van der Waals surface area contributed by atoms with Crippen molar-refractivity contribution in [3.8, 4) is 0 Å². The van der Waals surface area contributed by atoms with Gasteiger partial charge >= 0.3 is 0 Å². The number of carbonyl (C=O) groups is 1. The smallest absolute Gasteiger partial charge is 0.253 e. The van der Waals surface area contributed by atoms with Crippen molar-refractivity contribution in [1.82, 2.24) is 19.9 Å². The Morgan fingerprint density at radius 2 is 2.14 bits per heavy atom. The molecule has 0 radical (unpaired) electrons. The second kappa shape index (κ2) is 7.20. The van der Waals surface area contributed by atoms with E-state index in [1.165, 1.54) is 0 Å². The number of pyridine rings is 1. The van der Waals surface area contributed by atoms with Crippen molar-refractivity contribution in [1.29, 1.82) is 0 Å². The van der Waals surface area contributed by atoms with Crippen molar-refractivity contribution in [3.63, 3.8) is 0 Å². The first-order chi connectivity index (χ1) is 10.5. The second-order valence-corrected chi connectivity index (χ2v) is 5.74. The molecule has 118 valence electrons. The zero-order chi connectivity index (χ0) is 16.1. The maximum absolute atomic E-state index is 12.3. The zero-order valence-corrected chi connectivity index (χ0v) is 13.8. The second-order valence-electron chi connectivity index (χ2n) is 5.74. The largest absolute Gasteiger partial charge is 0.352 e. The monoisotopic (exact) mass is 300 g/mol. The lowest BCUT2D eigenvalue weighted by Crippen LogP contribution is -2.27. The molecule has 0 aromatic carbocycles. The van der Waals surface area contributed by atoms with Crippen LogP contribution in [0.3, 0.4) is 0 Å². The summed E-state index contributed by atoms with van der Waals surface area (Å²) in [4.78, 5) is 21.0. The highest BCUT2D eigenvalue weighted by molar-refractivity contribution is 5.95. The van der Waals surface area contributed by atoms with Gasteiger partial charge in [-0.25, -0.2) is 4.98 Å². The Balaban J connectivity index is 2.01. The van der Waals surface area contributed by atoms with Gasteiger partial charge in [0.05, 0.1) is 17.6 Å². The van der Waals surface area contributed by atoms with Crippen molar-refractivity contribution >= 4 is 5.91 Å². The van der Waals surface area contributed by atoms with Crippen molar-refractivity contribution in [2.45, 2.75) is 39.5 Å². The van der Waals surface area contributed by atoms with Gasteiger partial charge in [0.2, 0.25) is 0 Å². The Hall–Kier alpha value is -2.17. The first-order valence-electron chi connectivity index (χ1n) is 7.76. The minimum absolute atomic E-state index is 0.0539. The highest BCUT2D eigenvalue weighted by Gasteiger charge is 2.13. The first-order valence-corrected chi connectivity index (χ1v) is 7.76. The van der Waals surface area contributed by atoms with E-state index >= 15 is 0 Å². The van der Waals surface area contributed by atoms with E-state index in [9.17, 15) is 4.79 Å². The molecule has 0 aliphatic heterocycles. The van der Waals surface area contributed by atoms with Gasteiger partial charge in [0.25, 0.3) is 5.91 Å². The molecule has 1 amide bonds. The number of aryl methyl sites for hydroxylation is 2. The van der Waals surface area contributed by atoms with Crippen LogP contribution < -0.4 is 5.32 Å². The van der Waals surface area contributed by atoms with Crippen molar-refractivity contribution in [2.75, 3.05) is 6.54 Å². The van der Waals surface area contributed by atoms with Crippen LogP contribution in [0.15, 0.2) is 24.7 Å². The number of hydrogen-bond acceptors (Lipinski definition) is 3. The molecule has 2 aromatic heterocycles. The van der Waals surface area contributed by atoms with Gasteiger partial charge in [-0.05, 0) is 24.5 Å². The maximum Gasteiger partial charge on any atom is 0.253 e. The summed E-state index contributed by atoms with van der Waals surface area (Å²) in [6, 6.07) is 3.83. The number of amides is 1. The van der Waals surface area contributed by atoms with Gasteiger partial charge in [0.15, 0.2) is 0 Å². The highest BCUT2D eigenvalue weighted by atomic mass is 16.1. The lowest BCUT2D eigenvalue weighted by molar-refractivity contribution is 0.0952. The van der Waals surface area contributed by atoms with Crippen LogP contribution in [0.5, 0.6) is 0 Å². The highest BCUT2D eigenvalue weighted by Crippen LogP contribution is 2.15. The van der Waals surface area contributed by atoms with Crippen LogP contribution in [-0.4, -0.2) is 27.0 Å². The van der Waals surface area contributed by atoms with E-state index < -0.39 is 0 Å². The van der Waals surface area contributed by atoms with Crippen LogP contribution in [0.25, 0.3) is 0 Å². The molecule has 0 unspecified atom stereocenters. The summed E-state index contributed by atoms with van der Waals surface area (Å²) >= 11 is 0. The Labute approximate surface area is 131 Å². The third-order valence-electron chi connectivity index (χ3n) is 3.75. The predicted octanol–water partition coefficient (Wildman–Crippen LogP) is 2.47. The van der Waals surface area contributed by atoms with E-state index in [1.807, 2.05) is 36.9 Å². The van der Waals surface area contributed by atoms with Crippen LogP contribution in [0.2, 0.25) is 0 Å². The molecule has 0 fully saturated rings. The molecule has 2 aromatic rings. The molecule has 22 heavy (non-hydrogen) atoms. The Morgan fingerprint density at radius 1 is 1.36 bits per heavy atom. The zero-order valence-electron chi connectivity index (χ0n) is 13.8. The molecular formula is C17H24N4O. The van der Waals surface area contributed by atoms with Crippen LogP contribution in [0, 0.1) is 0 Å². The fourth-order valence-electron chi connectivity index (χ4n) is 2.34. The topological polar surface area (TPSA) is 59.8 Å². The molecule has 2 rings (SSSR count). The lowest BCUT2D eigenvalue weighted by atomic mass is 10.1. The van der Waals surface area contributed by atoms with Crippen molar-refractivity contribution in [2.24, 2.45) is 7.05 Å². The molecule has 0 aliphatic carbocycles. The minimum Gasteiger partial charge on any atom is -0.352 e. The molecule has 0 spiro atoms. The third-order valence-corrected chi connectivity index (χ3v) is 3.75. The molecule has 0 saturated carbocycles. The quantitative estimate of drug-likeness (QED) is 0.891. The van der Waals surface area contributed by atoms with Gasteiger partial charge in [-0.15, -0.1) is 0 Å². The summed E-state index contributed by atoms with van der Waals surface area (Å²) < 4.78 is 1.96. The number of aromatic nitrogens is 3. The number of hydrogen-bond donors (Lipinski definition) is 1. The molecule has 0 saturated heterocycles. The average molecular weight is 300 g/mol. The molecule has 5 heteroatoms. The SMILES string of the molecule is CCc1nc(C(C)C)ccc1C(=O)NCCc1cncn1C. The van der Waals surface area contributed by atoms with Crippen LogP contribution in [0.1, 0.15) is 54.1 Å². The Kier molecular flexibility index (Phi) is 5.31. The fraction of sp³-hybridized carbons (Fsp3) is 0.471. The molecular weight excluding hydrogens is 276 g/mol. The van der Waals surface area contributed by atoms with E-state index in [2.05, 4.69) is 29.1 Å². The van der Waals surface area contributed by atoms with Gasteiger partial charge in [-0.2, -0.15) is 0 Å². The van der Waals surface area contributed by atoms with E-state index in [1.54, 1.807) is 6.33 Å². The van der Waals surface area contributed by atoms with E-state index in [-0.39, 0.29) is 5.91 Å². The number of imidazole rings is 1. The normalized spacial score (nSPS) is 11.0. The molecule has 0 aliphatic rings. The molecule has 0 bridgehead atoms. The van der Waals surface area contributed by atoms with Crippen molar-refractivity contribution in [3.05, 3.63) is 47.3 Å². The summed E-state index contributed by atoms with van der Waals surface area (Å²) in [6.07, 6.45) is 5.11. The van der Waals surface area contributed by atoms with Crippen LogP contribution >= 0.6 is 0 Å². The van der Waals surface area contributed by atoms with Crippen LogP contribution in [-0.2, 0) is 19.9 Å². The van der Waals surface area contributed by atoms with E-state index in [0.717, 1.165) is 29.9 Å². The molecule has 5 nitrogen and oxygen atoms in total. The summed E-state index contributed by atoms with van der Waals surface area (Å²) in [6.45, 7) is 6.83. The van der Waals surface area contributed by atoms with E-state index in [0.29, 0.717) is 18.0 Å². The average Bonchev–Trinajstić information content (AvgIpc) is 2.91. The lowest BCUT2D eigenvalue weighted by Gasteiger charge is -2.12. The minimum atomic E-state index is -0.0539. The fourth-order valence-corrected chi connectivity index (χ4v) is 2.34. The maximum atomic E-state index is 12.3. The molecule has 2 heterocycles. The Bertz CT molecular complexity index is 646. The number of nitrogens with zero attached hydrogens (tertiary/aromatic N) is 3. The summed E-state index contributed by atoms with van der Waals surface area (Å²) in [5, 5.41) is 2.97. The van der Waals surface area contributed by atoms with Gasteiger partial charge in [-0.1, -0.05) is 20.8 Å². The van der Waals surface area contributed by atoms with Crippen LogP contribution in [0.4, 0.5) is 0 Å².